The Morgan fingerprint density at radius 2 is 1.70 bits per heavy atom. The standard InChI is InChI=1S/C15H19ClN4O3/c16-15-17-12-9-11(10-19-1-5-21-6-2-19)23-13(12)14(18-15)20-3-7-22-8-4-20/h9H,1-8,10H2. The summed E-state index contributed by atoms with van der Waals surface area (Å²) in [4.78, 5) is 13.1. The van der Waals surface area contributed by atoms with Crippen molar-refractivity contribution in [1.82, 2.24) is 14.9 Å². The van der Waals surface area contributed by atoms with Gasteiger partial charge in [0.1, 0.15) is 11.3 Å². The summed E-state index contributed by atoms with van der Waals surface area (Å²) in [5.74, 6) is 1.64. The second-order valence-electron chi connectivity index (χ2n) is 5.73. The third kappa shape index (κ3) is 3.28. The predicted octanol–water partition coefficient (Wildman–Crippen LogP) is 1.55. The lowest BCUT2D eigenvalue weighted by molar-refractivity contribution is 0.0315. The van der Waals surface area contributed by atoms with Gasteiger partial charge in [-0.3, -0.25) is 4.90 Å². The van der Waals surface area contributed by atoms with Gasteiger partial charge in [0.2, 0.25) is 5.28 Å². The van der Waals surface area contributed by atoms with Crippen molar-refractivity contribution in [3.63, 3.8) is 0 Å². The van der Waals surface area contributed by atoms with E-state index < -0.39 is 0 Å². The fourth-order valence-electron chi connectivity index (χ4n) is 2.98. The molecule has 2 aromatic heterocycles. The molecule has 2 aromatic rings. The lowest BCUT2D eigenvalue weighted by atomic mass is 10.3. The molecule has 8 heteroatoms. The van der Waals surface area contributed by atoms with E-state index in [1.54, 1.807) is 0 Å². The van der Waals surface area contributed by atoms with E-state index in [0.717, 1.165) is 63.0 Å². The van der Waals surface area contributed by atoms with Crippen LogP contribution < -0.4 is 4.90 Å². The van der Waals surface area contributed by atoms with Crippen molar-refractivity contribution in [2.75, 3.05) is 57.5 Å². The molecule has 2 aliphatic rings. The zero-order valence-electron chi connectivity index (χ0n) is 12.8. The van der Waals surface area contributed by atoms with Crippen LogP contribution in [-0.2, 0) is 16.0 Å². The summed E-state index contributed by atoms with van der Waals surface area (Å²) < 4.78 is 16.8. The van der Waals surface area contributed by atoms with Gasteiger partial charge in [-0.1, -0.05) is 0 Å². The van der Waals surface area contributed by atoms with E-state index in [-0.39, 0.29) is 5.28 Å². The Bertz CT molecular complexity index is 681. The van der Waals surface area contributed by atoms with E-state index in [1.165, 1.54) is 0 Å². The van der Waals surface area contributed by atoms with Gasteiger partial charge in [0, 0.05) is 32.2 Å². The van der Waals surface area contributed by atoms with Gasteiger partial charge in [0.25, 0.3) is 0 Å². The number of halogens is 1. The molecule has 7 nitrogen and oxygen atoms in total. The number of hydrogen-bond donors (Lipinski definition) is 0. The maximum atomic E-state index is 6.10. The highest BCUT2D eigenvalue weighted by molar-refractivity contribution is 6.28. The average Bonchev–Trinajstić information content (AvgIpc) is 2.98. The van der Waals surface area contributed by atoms with Gasteiger partial charge in [-0.05, 0) is 11.6 Å². The topological polar surface area (TPSA) is 63.9 Å². The Kier molecular flexibility index (Phi) is 4.35. The molecule has 124 valence electrons. The monoisotopic (exact) mass is 338 g/mol. The second-order valence-corrected chi connectivity index (χ2v) is 6.07. The van der Waals surface area contributed by atoms with Gasteiger partial charge in [0.15, 0.2) is 11.4 Å². The summed E-state index contributed by atoms with van der Waals surface area (Å²) in [6.07, 6.45) is 0. The summed E-state index contributed by atoms with van der Waals surface area (Å²) in [7, 11) is 0. The van der Waals surface area contributed by atoms with Crippen molar-refractivity contribution in [3.8, 4) is 0 Å². The number of ether oxygens (including phenoxy) is 2. The maximum absolute atomic E-state index is 6.10. The smallest absolute Gasteiger partial charge is 0.225 e. The Hall–Kier alpha value is -1.41. The summed E-state index contributed by atoms with van der Waals surface area (Å²) in [5.41, 5.74) is 1.47. The Morgan fingerprint density at radius 3 is 2.43 bits per heavy atom. The van der Waals surface area contributed by atoms with Crippen LogP contribution in [0.1, 0.15) is 5.76 Å². The first-order valence-corrected chi connectivity index (χ1v) is 8.26. The van der Waals surface area contributed by atoms with Crippen LogP contribution in [0.5, 0.6) is 0 Å². The molecule has 0 radical (unpaired) electrons. The van der Waals surface area contributed by atoms with Crippen molar-refractivity contribution < 1.29 is 13.9 Å². The number of anilines is 1. The normalized spacial score (nSPS) is 20.3. The van der Waals surface area contributed by atoms with Gasteiger partial charge in [-0.15, -0.1) is 0 Å². The van der Waals surface area contributed by atoms with Gasteiger partial charge < -0.3 is 18.8 Å². The van der Waals surface area contributed by atoms with Crippen LogP contribution in [0.4, 0.5) is 5.82 Å². The molecule has 0 aliphatic carbocycles. The fourth-order valence-corrected chi connectivity index (χ4v) is 3.15. The zero-order valence-corrected chi connectivity index (χ0v) is 13.6. The highest BCUT2D eigenvalue weighted by atomic mass is 35.5. The van der Waals surface area contributed by atoms with Gasteiger partial charge in [-0.2, -0.15) is 4.98 Å². The number of aromatic nitrogens is 2. The maximum Gasteiger partial charge on any atom is 0.225 e. The van der Waals surface area contributed by atoms with Crippen LogP contribution in [0.15, 0.2) is 10.5 Å². The molecule has 0 bridgehead atoms. The average molecular weight is 339 g/mol. The first-order chi connectivity index (χ1) is 11.3. The molecule has 0 unspecified atom stereocenters. The SMILES string of the molecule is Clc1nc(N2CCOCC2)c2oc(CN3CCOCC3)cc2n1. The zero-order chi connectivity index (χ0) is 15.6. The number of fused-ring (bicyclic) bond motifs is 1. The minimum Gasteiger partial charge on any atom is -0.454 e. The quantitative estimate of drug-likeness (QED) is 0.787. The van der Waals surface area contributed by atoms with Gasteiger partial charge in [-0.25, -0.2) is 4.98 Å². The molecule has 4 rings (SSSR count). The molecule has 4 heterocycles. The molecule has 0 saturated carbocycles. The molecule has 2 fully saturated rings. The van der Waals surface area contributed by atoms with Crippen LogP contribution in [0, 0.1) is 0 Å². The first kappa shape index (κ1) is 15.1. The van der Waals surface area contributed by atoms with E-state index in [9.17, 15) is 0 Å². The van der Waals surface area contributed by atoms with Gasteiger partial charge in [0.05, 0.1) is 33.0 Å². The lowest BCUT2D eigenvalue weighted by Gasteiger charge is -2.27. The van der Waals surface area contributed by atoms with Crippen LogP contribution >= 0.6 is 11.6 Å². The third-order valence-electron chi connectivity index (χ3n) is 4.17. The van der Waals surface area contributed by atoms with E-state index in [0.29, 0.717) is 18.8 Å². The number of morpholine rings is 2. The Balaban J connectivity index is 1.63. The number of hydrogen-bond acceptors (Lipinski definition) is 7. The molecule has 0 atom stereocenters. The van der Waals surface area contributed by atoms with Crippen molar-refractivity contribution in [1.29, 1.82) is 0 Å². The minimum absolute atomic E-state index is 0.248. The van der Waals surface area contributed by atoms with Crippen LogP contribution in [0.3, 0.4) is 0 Å². The van der Waals surface area contributed by atoms with Gasteiger partial charge >= 0.3 is 0 Å². The molecule has 2 aliphatic heterocycles. The van der Waals surface area contributed by atoms with Crippen LogP contribution in [0.2, 0.25) is 5.28 Å². The van der Waals surface area contributed by atoms with E-state index in [4.69, 9.17) is 25.5 Å². The number of nitrogens with zero attached hydrogens (tertiary/aromatic N) is 4. The van der Waals surface area contributed by atoms with Crippen molar-refractivity contribution >= 4 is 28.5 Å². The van der Waals surface area contributed by atoms with Crippen LogP contribution in [-0.4, -0.2) is 67.5 Å². The Morgan fingerprint density at radius 1 is 1.00 bits per heavy atom. The highest BCUT2D eigenvalue weighted by Gasteiger charge is 2.21. The summed E-state index contributed by atoms with van der Waals surface area (Å²) >= 11 is 6.10. The first-order valence-electron chi connectivity index (χ1n) is 7.88. The fraction of sp³-hybridized carbons (Fsp3) is 0.600. The molecule has 2 saturated heterocycles. The highest BCUT2D eigenvalue weighted by Crippen LogP contribution is 2.29. The second kappa shape index (κ2) is 6.60. The lowest BCUT2D eigenvalue weighted by Crippen LogP contribution is -2.36. The molecular formula is C15H19ClN4O3. The third-order valence-corrected chi connectivity index (χ3v) is 4.34. The van der Waals surface area contributed by atoms with E-state index in [2.05, 4.69) is 19.8 Å². The molecule has 0 aromatic carbocycles. The van der Waals surface area contributed by atoms with E-state index >= 15 is 0 Å². The molecule has 0 spiro atoms. The van der Waals surface area contributed by atoms with Crippen molar-refractivity contribution in [3.05, 3.63) is 17.1 Å². The van der Waals surface area contributed by atoms with Crippen molar-refractivity contribution in [2.24, 2.45) is 0 Å². The van der Waals surface area contributed by atoms with Crippen LogP contribution in [0.25, 0.3) is 11.1 Å². The molecule has 0 amide bonds. The molecule has 0 N–H and O–H groups in total. The summed E-state index contributed by atoms with van der Waals surface area (Å²) in [6.45, 7) is 7.05. The summed E-state index contributed by atoms with van der Waals surface area (Å²) in [5, 5.41) is 0.248. The molecular weight excluding hydrogens is 320 g/mol. The predicted molar refractivity (Wildman–Crippen MR) is 85.9 cm³/mol. The number of furan rings is 1. The number of rotatable bonds is 3. The molecule has 23 heavy (non-hydrogen) atoms. The minimum atomic E-state index is 0.248. The van der Waals surface area contributed by atoms with Crippen molar-refractivity contribution in [2.45, 2.75) is 6.54 Å². The summed E-state index contributed by atoms with van der Waals surface area (Å²) in [6, 6.07) is 1.96. The Labute approximate surface area is 139 Å². The largest absolute Gasteiger partial charge is 0.454 e. The van der Waals surface area contributed by atoms with E-state index in [1.807, 2.05) is 6.07 Å².